The van der Waals surface area contributed by atoms with Crippen LogP contribution in [0, 0.1) is 24.6 Å². The van der Waals surface area contributed by atoms with Crippen LogP contribution in [0.15, 0.2) is 84.1 Å². The number of aryl methyl sites for hydroxylation is 3. The number of hydrogen-bond donors (Lipinski definition) is 2. The number of aromatic nitrogens is 1. The SMILES string of the molecule is CCC(C)C.CCC(C)CCn1c(C(=O)O)c(CCCOc2cccc3cc(F)ccc23)c2ccc(Cl)c(C3=C(C)N(C)CC=C3C)c21.CCCN(CCC)C(=O)COc1ccc(N(C(C)=O)C2CCC(=O)NC2=O)c(C)c1. The number of fused-ring (bicyclic) bond motifs is 2. The first-order valence-electron chi connectivity index (χ1n) is 27.8. The van der Waals surface area contributed by atoms with E-state index in [1.807, 2.05) is 55.7 Å². The summed E-state index contributed by atoms with van der Waals surface area (Å²) in [6.07, 6.45) is 8.78. The monoisotopic (exact) mass is 1090 g/mol. The van der Waals surface area contributed by atoms with Gasteiger partial charge in [0.2, 0.25) is 17.7 Å². The Morgan fingerprint density at radius 3 is 2.22 bits per heavy atom. The summed E-state index contributed by atoms with van der Waals surface area (Å²) in [5, 5.41) is 16.1. The maximum absolute atomic E-state index is 13.7. The molecule has 15 heteroatoms. The first-order valence-corrected chi connectivity index (χ1v) is 28.2. The first-order chi connectivity index (χ1) is 37.2. The molecule has 2 atom stereocenters. The number of hydrogen-bond acceptors (Lipinski definition) is 8. The third kappa shape index (κ3) is 15.8. The Labute approximate surface area is 466 Å². The summed E-state index contributed by atoms with van der Waals surface area (Å²) in [7, 11) is 2.06. The average Bonchev–Trinajstić information content (AvgIpc) is 3.72. The number of carboxylic acid groups (broad SMARTS) is 1. The lowest BCUT2D eigenvalue weighted by Crippen LogP contribution is -2.54. The second-order valence-electron chi connectivity index (χ2n) is 21.0. The van der Waals surface area contributed by atoms with Crippen molar-refractivity contribution in [3.63, 3.8) is 0 Å². The van der Waals surface area contributed by atoms with Crippen LogP contribution in [0.5, 0.6) is 11.5 Å². The molecule has 422 valence electrons. The van der Waals surface area contributed by atoms with Crippen LogP contribution in [0.1, 0.15) is 148 Å². The highest BCUT2D eigenvalue weighted by Crippen LogP contribution is 2.43. The number of piperidine rings is 1. The Morgan fingerprint density at radius 1 is 0.910 bits per heavy atom. The molecule has 4 amide bonds. The van der Waals surface area contributed by atoms with Crippen molar-refractivity contribution in [2.45, 2.75) is 147 Å². The summed E-state index contributed by atoms with van der Waals surface area (Å²) >= 11 is 6.99. The average molecular weight is 1090 g/mol. The summed E-state index contributed by atoms with van der Waals surface area (Å²) in [6, 6.07) is 18.5. The van der Waals surface area contributed by atoms with Gasteiger partial charge in [0.25, 0.3) is 5.91 Å². The number of nitrogens with one attached hydrogen (secondary N) is 1. The number of likely N-dealkylation sites (N-methyl/N-ethyl adjacent to an activating group) is 1. The largest absolute Gasteiger partial charge is 0.493 e. The van der Waals surface area contributed by atoms with Gasteiger partial charge in [0, 0.05) is 79.9 Å². The van der Waals surface area contributed by atoms with Crippen LogP contribution in [0.4, 0.5) is 10.1 Å². The lowest BCUT2D eigenvalue weighted by molar-refractivity contribution is -0.135. The van der Waals surface area contributed by atoms with Crippen molar-refractivity contribution in [2.24, 2.45) is 11.8 Å². The molecular formula is C63H83ClFN5O8. The molecule has 1 fully saturated rings. The number of imide groups is 1. The molecule has 1 saturated heterocycles. The van der Waals surface area contributed by atoms with E-state index in [-0.39, 0.29) is 43.0 Å². The highest BCUT2D eigenvalue weighted by Gasteiger charge is 2.35. The third-order valence-corrected chi connectivity index (χ3v) is 15.0. The van der Waals surface area contributed by atoms with Crippen LogP contribution >= 0.6 is 11.6 Å². The summed E-state index contributed by atoms with van der Waals surface area (Å²) in [5.74, 6) is 0.173. The van der Waals surface area contributed by atoms with Crippen molar-refractivity contribution in [2.75, 3.05) is 44.8 Å². The molecule has 0 bridgehead atoms. The van der Waals surface area contributed by atoms with Gasteiger partial charge < -0.3 is 28.9 Å². The lowest BCUT2D eigenvalue weighted by atomic mass is 9.91. The van der Waals surface area contributed by atoms with Gasteiger partial charge in [-0.05, 0) is 142 Å². The van der Waals surface area contributed by atoms with E-state index in [1.165, 1.54) is 30.4 Å². The molecule has 5 aromatic rings. The second kappa shape index (κ2) is 29.3. The number of carbonyl (C=O) groups is 5. The Bertz CT molecular complexity index is 2990. The van der Waals surface area contributed by atoms with E-state index in [0.717, 1.165) is 93.4 Å². The lowest BCUT2D eigenvalue weighted by Gasteiger charge is -2.33. The molecule has 4 aromatic carbocycles. The fourth-order valence-corrected chi connectivity index (χ4v) is 10.0. The Kier molecular flexibility index (Phi) is 23.4. The summed E-state index contributed by atoms with van der Waals surface area (Å²) in [6.45, 7) is 25.6. The van der Waals surface area contributed by atoms with Crippen molar-refractivity contribution < 1.29 is 42.9 Å². The minimum Gasteiger partial charge on any atom is -0.493 e. The molecule has 0 aliphatic carbocycles. The number of aromatic carboxylic acids is 1. The molecule has 1 aromatic heterocycles. The topological polar surface area (TPSA) is 151 Å². The summed E-state index contributed by atoms with van der Waals surface area (Å²) in [5.41, 5.74) is 7.54. The highest BCUT2D eigenvalue weighted by atomic mass is 35.5. The van der Waals surface area contributed by atoms with Crippen molar-refractivity contribution in [1.29, 1.82) is 0 Å². The van der Waals surface area contributed by atoms with Crippen LogP contribution in [0.3, 0.4) is 0 Å². The predicted molar refractivity (Wildman–Crippen MR) is 313 cm³/mol. The molecule has 2 N–H and O–H groups in total. The van der Waals surface area contributed by atoms with E-state index in [9.17, 15) is 33.5 Å². The van der Waals surface area contributed by atoms with E-state index in [1.54, 1.807) is 29.2 Å². The van der Waals surface area contributed by atoms with Gasteiger partial charge in [-0.15, -0.1) is 0 Å². The summed E-state index contributed by atoms with van der Waals surface area (Å²) in [4.78, 5) is 66.7. The minimum atomic E-state index is -0.937. The van der Waals surface area contributed by atoms with E-state index >= 15 is 0 Å². The zero-order valence-electron chi connectivity index (χ0n) is 48.1. The number of anilines is 1. The van der Waals surface area contributed by atoms with Gasteiger partial charge in [-0.25, -0.2) is 9.18 Å². The third-order valence-electron chi connectivity index (χ3n) is 14.7. The van der Waals surface area contributed by atoms with Gasteiger partial charge in [-0.3, -0.25) is 29.4 Å². The molecule has 13 nitrogen and oxygen atoms in total. The molecule has 7 rings (SSSR count). The minimum absolute atomic E-state index is 0.0532. The number of halogens is 2. The van der Waals surface area contributed by atoms with Gasteiger partial charge in [-0.1, -0.05) is 97.2 Å². The standard InChI is InChI=1S/C36H40ClFN2O3.C22H31N3O5.C5H12/c1-6-22(2)16-19-40-34-29(14-15-30(37)33(34)32-23(3)17-18-39(5)24(32)4)28(35(40)36(41)42)10-8-20-43-31-11-7-9-25-21-26(38)12-13-27(25)31;1-5-11-24(12-6-2)21(28)14-30-17-7-8-18(15(3)13-17)25(16(4)26)19-9-10-20(27)23-22(19)29;1-4-5(2)3/h7,9,11-15,17,21-22H,6,8,10,16,18-20H2,1-5H3,(H,41,42);7-8,13,19H,5-6,9-12,14H2,1-4H3,(H,23,27,29);5H,4H2,1-3H3. The fraction of sp³-hybridized carbons (Fsp3) is 0.476. The molecule has 2 unspecified atom stereocenters. The van der Waals surface area contributed by atoms with Crippen LogP contribution in [-0.4, -0.2) is 95.0 Å². The quantitative estimate of drug-likeness (QED) is 0.0540. The van der Waals surface area contributed by atoms with Crippen molar-refractivity contribution in [3.05, 3.63) is 117 Å². The zero-order chi connectivity index (χ0) is 57.4. The number of amides is 4. The number of allylic oxidation sites excluding steroid dienone is 3. The first kappa shape index (κ1) is 62.2. The predicted octanol–water partition coefficient (Wildman–Crippen LogP) is 13.6. The highest BCUT2D eigenvalue weighted by molar-refractivity contribution is 6.34. The second-order valence-corrected chi connectivity index (χ2v) is 21.4. The number of benzene rings is 4. The maximum Gasteiger partial charge on any atom is 0.352 e. The molecule has 2 aliphatic heterocycles. The van der Waals surface area contributed by atoms with Crippen LogP contribution in [0.25, 0.3) is 27.2 Å². The molecule has 78 heavy (non-hydrogen) atoms. The van der Waals surface area contributed by atoms with E-state index < -0.39 is 17.9 Å². The molecule has 2 aliphatic rings. The molecule has 0 saturated carbocycles. The number of nitrogens with zero attached hydrogens (tertiary/aromatic N) is 4. The van der Waals surface area contributed by atoms with Gasteiger partial charge in [0.1, 0.15) is 29.1 Å². The van der Waals surface area contributed by atoms with Crippen molar-refractivity contribution >= 4 is 74.1 Å². The summed E-state index contributed by atoms with van der Waals surface area (Å²) < 4.78 is 27.6. The maximum atomic E-state index is 13.7. The van der Waals surface area contributed by atoms with E-state index in [2.05, 4.69) is 71.8 Å². The smallest absolute Gasteiger partial charge is 0.352 e. The van der Waals surface area contributed by atoms with Gasteiger partial charge in [0.05, 0.1) is 17.1 Å². The van der Waals surface area contributed by atoms with Crippen LogP contribution < -0.4 is 19.7 Å². The molecule has 3 heterocycles. The van der Waals surface area contributed by atoms with Gasteiger partial charge >= 0.3 is 5.97 Å². The Morgan fingerprint density at radius 2 is 1.60 bits per heavy atom. The van der Waals surface area contributed by atoms with Crippen molar-refractivity contribution in [1.82, 2.24) is 19.7 Å². The number of rotatable bonds is 21. The molecule has 0 radical (unpaired) electrons. The Balaban J connectivity index is 0.000000279. The van der Waals surface area contributed by atoms with Crippen LogP contribution in [-0.2, 0) is 32.1 Å². The molecular weight excluding hydrogens is 1010 g/mol. The van der Waals surface area contributed by atoms with E-state index in [0.29, 0.717) is 72.9 Å². The normalized spacial score (nSPS) is 14.8. The Hall–Kier alpha value is -6.67. The fourth-order valence-electron chi connectivity index (χ4n) is 9.77. The van der Waals surface area contributed by atoms with E-state index in [4.69, 9.17) is 21.1 Å². The number of carbonyl (C=O) groups excluding carboxylic acids is 4. The van der Waals surface area contributed by atoms with Crippen molar-refractivity contribution in [3.8, 4) is 11.5 Å². The number of ether oxygens (including phenoxy) is 2. The van der Waals surface area contributed by atoms with Crippen LogP contribution in [0.2, 0.25) is 5.02 Å². The number of carboxylic acids is 1. The molecule has 0 spiro atoms. The van der Waals surface area contributed by atoms with Gasteiger partial charge in [0.15, 0.2) is 6.61 Å². The van der Waals surface area contributed by atoms with Gasteiger partial charge in [-0.2, -0.15) is 0 Å². The zero-order valence-corrected chi connectivity index (χ0v) is 48.9.